The van der Waals surface area contributed by atoms with E-state index in [0.29, 0.717) is 19.0 Å². The third-order valence-electron chi connectivity index (χ3n) is 6.42. The molecular formula is C21H41N2O4S2. The monoisotopic (exact) mass is 449 g/mol. The van der Waals surface area contributed by atoms with Crippen molar-refractivity contribution < 1.29 is 16.8 Å². The van der Waals surface area contributed by atoms with Gasteiger partial charge in [-0.2, -0.15) is 0 Å². The lowest BCUT2D eigenvalue weighted by atomic mass is 9.89. The molecule has 0 aromatic rings. The minimum Gasteiger partial charge on any atom is -0.302 e. The van der Waals surface area contributed by atoms with Crippen LogP contribution in [-0.4, -0.2) is 89.9 Å². The number of nitrogens with zero attached hydrogens (tertiary/aromatic N) is 2. The Bertz CT molecular complexity index is 671. The van der Waals surface area contributed by atoms with Crippen LogP contribution in [-0.2, 0) is 19.7 Å². The van der Waals surface area contributed by atoms with Gasteiger partial charge in [-0.15, -0.1) is 0 Å². The summed E-state index contributed by atoms with van der Waals surface area (Å²) in [6, 6.07) is 0. The molecular weight excluding hydrogens is 408 g/mol. The molecule has 6 nitrogen and oxygen atoms in total. The lowest BCUT2D eigenvalue weighted by Gasteiger charge is -2.33. The van der Waals surface area contributed by atoms with Gasteiger partial charge < -0.3 is 9.80 Å². The van der Waals surface area contributed by atoms with E-state index < -0.39 is 19.7 Å². The van der Waals surface area contributed by atoms with Crippen LogP contribution in [0.15, 0.2) is 0 Å². The van der Waals surface area contributed by atoms with Gasteiger partial charge in [0, 0.05) is 32.1 Å². The van der Waals surface area contributed by atoms with E-state index in [1.54, 1.807) is 0 Å². The highest BCUT2D eigenvalue weighted by Crippen LogP contribution is 2.25. The molecule has 2 aliphatic heterocycles. The Labute approximate surface area is 179 Å². The van der Waals surface area contributed by atoms with Crippen LogP contribution in [0, 0.1) is 18.3 Å². The minimum atomic E-state index is -2.87. The first-order valence-electron chi connectivity index (χ1n) is 11.2. The smallest absolute Gasteiger partial charge is 0.148 e. The van der Waals surface area contributed by atoms with E-state index in [4.69, 9.17) is 0 Å². The fraction of sp³-hybridized carbons (Fsp3) is 0.952. The molecule has 0 spiro atoms. The number of hydrogen-bond acceptors (Lipinski definition) is 6. The zero-order chi connectivity index (χ0) is 21.3. The van der Waals surface area contributed by atoms with Crippen molar-refractivity contribution in [3.05, 3.63) is 6.42 Å². The average Bonchev–Trinajstić information content (AvgIpc) is 2.65. The summed E-state index contributed by atoms with van der Waals surface area (Å²) in [6.07, 6.45) is 14.7. The van der Waals surface area contributed by atoms with E-state index in [2.05, 4.69) is 16.2 Å². The predicted molar refractivity (Wildman–Crippen MR) is 121 cm³/mol. The second-order valence-electron chi connectivity index (χ2n) is 9.30. The number of unbranched alkanes of at least 4 members (excludes halogenated alkanes) is 2. The zero-order valence-electron chi connectivity index (χ0n) is 18.4. The fourth-order valence-electron chi connectivity index (χ4n) is 4.53. The molecule has 0 aromatic carbocycles. The number of likely N-dealkylation sites (tertiary alicyclic amines) is 2. The summed E-state index contributed by atoms with van der Waals surface area (Å²) in [6.45, 7) is 5.52. The molecule has 2 saturated heterocycles. The van der Waals surface area contributed by atoms with E-state index in [1.807, 2.05) is 0 Å². The van der Waals surface area contributed by atoms with Crippen molar-refractivity contribution in [2.24, 2.45) is 11.8 Å². The van der Waals surface area contributed by atoms with Gasteiger partial charge in [0.05, 0.1) is 11.5 Å². The molecule has 0 amide bonds. The van der Waals surface area contributed by atoms with Gasteiger partial charge in [-0.05, 0) is 82.8 Å². The molecule has 29 heavy (non-hydrogen) atoms. The Balaban J connectivity index is 1.51. The quantitative estimate of drug-likeness (QED) is 0.426. The summed E-state index contributed by atoms with van der Waals surface area (Å²) >= 11 is 0. The molecule has 0 bridgehead atoms. The van der Waals surface area contributed by atoms with Crippen molar-refractivity contribution in [3.8, 4) is 0 Å². The van der Waals surface area contributed by atoms with Gasteiger partial charge in [0.25, 0.3) is 0 Å². The molecule has 2 heterocycles. The van der Waals surface area contributed by atoms with E-state index in [1.165, 1.54) is 57.5 Å². The highest BCUT2D eigenvalue weighted by atomic mass is 32.2. The first-order chi connectivity index (χ1) is 13.6. The maximum Gasteiger partial charge on any atom is 0.148 e. The van der Waals surface area contributed by atoms with Crippen LogP contribution >= 0.6 is 0 Å². The third kappa shape index (κ3) is 11.7. The summed E-state index contributed by atoms with van der Waals surface area (Å²) in [4.78, 5) is 4.62. The second kappa shape index (κ2) is 12.0. The molecule has 1 unspecified atom stereocenters. The molecule has 0 aliphatic carbocycles. The van der Waals surface area contributed by atoms with Gasteiger partial charge in [-0.25, -0.2) is 16.8 Å². The zero-order valence-corrected chi connectivity index (χ0v) is 20.0. The highest BCUT2D eigenvalue weighted by Gasteiger charge is 2.21. The summed E-state index contributed by atoms with van der Waals surface area (Å²) in [5, 5.41) is 0. The number of sulfone groups is 2. The Hall–Kier alpha value is -0.180. The van der Waals surface area contributed by atoms with Crippen LogP contribution in [0.1, 0.15) is 51.4 Å². The topological polar surface area (TPSA) is 74.8 Å². The van der Waals surface area contributed by atoms with Crippen LogP contribution in [0.25, 0.3) is 0 Å². The Morgan fingerprint density at radius 1 is 0.759 bits per heavy atom. The van der Waals surface area contributed by atoms with Crippen LogP contribution < -0.4 is 0 Å². The average molecular weight is 450 g/mol. The molecule has 0 aromatic heterocycles. The first-order valence-corrected chi connectivity index (χ1v) is 15.3. The molecule has 8 heteroatoms. The number of rotatable bonds is 12. The van der Waals surface area contributed by atoms with Crippen molar-refractivity contribution in [2.75, 3.05) is 63.3 Å². The molecule has 2 aliphatic rings. The van der Waals surface area contributed by atoms with Gasteiger partial charge in [-0.1, -0.05) is 6.42 Å². The molecule has 0 saturated carbocycles. The Morgan fingerprint density at radius 2 is 1.31 bits per heavy atom. The Morgan fingerprint density at radius 3 is 1.90 bits per heavy atom. The van der Waals surface area contributed by atoms with Crippen molar-refractivity contribution in [2.45, 2.75) is 51.4 Å². The highest BCUT2D eigenvalue weighted by molar-refractivity contribution is 7.90. The summed E-state index contributed by atoms with van der Waals surface area (Å²) in [7, 11) is -5.72. The SMILES string of the molecule is CS(=O)(=O)CCN1CCC(CC[CH]CCC2CCCN(CCS(C)(=O)=O)C2)CC1. The van der Waals surface area contributed by atoms with E-state index >= 15 is 0 Å². The largest absolute Gasteiger partial charge is 0.302 e. The number of piperidine rings is 2. The summed E-state index contributed by atoms with van der Waals surface area (Å²) in [5.74, 6) is 2.04. The normalized spacial score (nSPS) is 23.4. The summed E-state index contributed by atoms with van der Waals surface area (Å²) in [5.41, 5.74) is 0. The lowest BCUT2D eigenvalue weighted by Crippen LogP contribution is -2.38. The Kier molecular flexibility index (Phi) is 10.4. The molecule has 2 rings (SSSR count). The van der Waals surface area contributed by atoms with E-state index in [-0.39, 0.29) is 11.5 Å². The van der Waals surface area contributed by atoms with E-state index in [0.717, 1.165) is 38.5 Å². The van der Waals surface area contributed by atoms with Crippen molar-refractivity contribution in [3.63, 3.8) is 0 Å². The molecule has 171 valence electrons. The van der Waals surface area contributed by atoms with Crippen LogP contribution in [0.4, 0.5) is 0 Å². The second-order valence-corrected chi connectivity index (χ2v) is 13.8. The lowest BCUT2D eigenvalue weighted by molar-refractivity contribution is 0.176. The van der Waals surface area contributed by atoms with Gasteiger partial charge in [0.2, 0.25) is 0 Å². The molecule has 1 atom stereocenters. The van der Waals surface area contributed by atoms with Crippen molar-refractivity contribution in [1.29, 1.82) is 0 Å². The van der Waals surface area contributed by atoms with Gasteiger partial charge in [0.1, 0.15) is 19.7 Å². The maximum absolute atomic E-state index is 11.4. The first kappa shape index (κ1) is 25.1. The molecule has 1 radical (unpaired) electrons. The predicted octanol–water partition coefficient (Wildman–Crippen LogP) is 2.26. The van der Waals surface area contributed by atoms with Crippen molar-refractivity contribution in [1.82, 2.24) is 9.80 Å². The van der Waals surface area contributed by atoms with E-state index in [9.17, 15) is 16.8 Å². The van der Waals surface area contributed by atoms with Crippen LogP contribution in [0.2, 0.25) is 0 Å². The van der Waals surface area contributed by atoms with Crippen LogP contribution in [0.5, 0.6) is 0 Å². The van der Waals surface area contributed by atoms with Crippen molar-refractivity contribution >= 4 is 19.7 Å². The number of hydrogen-bond donors (Lipinski definition) is 0. The van der Waals surface area contributed by atoms with Gasteiger partial charge >= 0.3 is 0 Å². The van der Waals surface area contributed by atoms with Gasteiger partial charge in [0.15, 0.2) is 0 Å². The summed E-state index contributed by atoms with van der Waals surface area (Å²) < 4.78 is 45.3. The van der Waals surface area contributed by atoms with Crippen LogP contribution in [0.3, 0.4) is 0 Å². The van der Waals surface area contributed by atoms with Gasteiger partial charge in [-0.3, -0.25) is 0 Å². The maximum atomic E-state index is 11.4. The standard InChI is InChI=1S/C21H41N2O4S2/c1-28(24,25)17-15-22-13-10-20(11-14-22)7-4-3-5-8-21-9-6-12-23(19-21)16-18-29(2,26)27/h3,20-21H,4-19H2,1-2H3. The molecule has 0 N–H and O–H groups in total. The minimum absolute atomic E-state index is 0.276. The fourth-order valence-corrected chi connectivity index (χ4v) is 5.71. The molecule has 2 fully saturated rings. The third-order valence-corrected chi connectivity index (χ3v) is 8.27.